The third-order valence-corrected chi connectivity index (χ3v) is 4.03. The van der Waals surface area contributed by atoms with Crippen LogP contribution in [0.2, 0.25) is 0 Å². The van der Waals surface area contributed by atoms with Crippen LogP contribution < -0.4 is 5.32 Å². The van der Waals surface area contributed by atoms with E-state index in [2.05, 4.69) is 39.4 Å². The monoisotopic (exact) mass is 287 g/mol. The zero-order valence-electron chi connectivity index (χ0n) is 8.55. The van der Waals surface area contributed by atoms with Gasteiger partial charge in [-0.25, -0.2) is 0 Å². The summed E-state index contributed by atoms with van der Waals surface area (Å²) in [5, 5.41) is 3.71. The second kappa shape index (κ2) is 5.33. The van der Waals surface area contributed by atoms with Crippen molar-refractivity contribution in [2.45, 2.75) is 24.8 Å². The van der Waals surface area contributed by atoms with Gasteiger partial charge < -0.3 is 5.32 Å². The van der Waals surface area contributed by atoms with E-state index >= 15 is 0 Å². The molecule has 1 unspecified atom stereocenters. The average molecular weight is 289 g/mol. The normalized spacial score (nSPS) is 17.7. The van der Waals surface area contributed by atoms with Gasteiger partial charge >= 0.3 is 0 Å². The van der Waals surface area contributed by atoms with Gasteiger partial charge in [0.25, 0.3) is 0 Å². The number of nitrogens with one attached hydrogen (secondary N) is 1. The van der Waals surface area contributed by atoms with Crippen LogP contribution in [-0.2, 0) is 6.54 Å². The fraction of sp³-hybridized carbons (Fsp3) is 0.500. The van der Waals surface area contributed by atoms with Crippen molar-refractivity contribution in [1.29, 1.82) is 0 Å². The molecule has 82 valence electrons. The van der Waals surface area contributed by atoms with Crippen molar-refractivity contribution in [3.63, 3.8) is 0 Å². The quantitative estimate of drug-likeness (QED) is 0.817. The summed E-state index contributed by atoms with van der Waals surface area (Å²) in [5.41, 5.74) is 1.29. The van der Waals surface area contributed by atoms with Gasteiger partial charge in [0.1, 0.15) is 0 Å². The van der Waals surface area contributed by atoms with E-state index < -0.39 is 0 Å². The summed E-state index contributed by atoms with van der Waals surface area (Å²) >= 11 is 9.74. The summed E-state index contributed by atoms with van der Waals surface area (Å²) in [4.78, 5) is 0. The Kier molecular flexibility index (Phi) is 4.06. The van der Waals surface area contributed by atoms with Gasteiger partial charge in [0, 0.05) is 22.9 Å². The van der Waals surface area contributed by atoms with Gasteiger partial charge in [0.2, 0.25) is 0 Å². The molecule has 15 heavy (non-hydrogen) atoms. The maximum atomic E-state index is 6.21. The fourth-order valence-electron chi connectivity index (χ4n) is 1.61. The van der Waals surface area contributed by atoms with Crippen molar-refractivity contribution >= 4 is 27.5 Å². The summed E-state index contributed by atoms with van der Waals surface area (Å²) in [6, 6.07) is 8.27. The zero-order valence-corrected chi connectivity index (χ0v) is 10.9. The first-order valence-electron chi connectivity index (χ1n) is 5.35. The summed E-state index contributed by atoms with van der Waals surface area (Å²) in [6.07, 6.45) is 2.62. The molecule has 1 fully saturated rings. The molecule has 0 heterocycles. The Morgan fingerprint density at radius 1 is 1.40 bits per heavy atom. The molecule has 0 aliphatic heterocycles. The first kappa shape index (κ1) is 11.4. The molecule has 1 saturated carbocycles. The molecule has 0 amide bonds. The first-order chi connectivity index (χ1) is 7.27. The van der Waals surface area contributed by atoms with Crippen molar-refractivity contribution in [3.05, 3.63) is 34.3 Å². The fourth-order valence-corrected chi connectivity index (χ4v) is 2.40. The van der Waals surface area contributed by atoms with Gasteiger partial charge in [-0.2, -0.15) is 0 Å². The molecule has 1 atom stereocenters. The molecular formula is C12H15BrClN. The SMILES string of the molecule is ClC(CNCc1ccccc1Br)C1CC1. The van der Waals surface area contributed by atoms with E-state index in [1.54, 1.807) is 0 Å². The van der Waals surface area contributed by atoms with Gasteiger partial charge in [0.05, 0.1) is 0 Å². The predicted octanol–water partition coefficient (Wildman–Crippen LogP) is 3.56. The maximum absolute atomic E-state index is 6.21. The maximum Gasteiger partial charge on any atom is 0.0488 e. The Hall–Kier alpha value is -0.0500. The Morgan fingerprint density at radius 2 is 2.13 bits per heavy atom. The highest BCUT2D eigenvalue weighted by Crippen LogP contribution is 2.35. The molecule has 1 aliphatic carbocycles. The van der Waals surface area contributed by atoms with E-state index in [4.69, 9.17) is 11.6 Å². The van der Waals surface area contributed by atoms with Gasteiger partial charge in [-0.15, -0.1) is 11.6 Å². The van der Waals surface area contributed by atoms with E-state index in [-0.39, 0.29) is 0 Å². The van der Waals surface area contributed by atoms with E-state index in [1.807, 2.05) is 6.07 Å². The lowest BCUT2D eigenvalue weighted by Crippen LogP contribution is -2.24. The molecule has 1 aromatic rings. The summed E-state index contributed by atoms with van der Waals surface area (Å²) in [7, 11) is 0. The van der Waals surface area contributed by atoms with Gasteiger partial charge in [-0.1, -0.05) is 34.1 Å². The molecule has 1 nitrogen and oxygen atoms in total. The molecule has 0 radical (unpaired) electrons. The summed E-state index contributed by atoms with van der Waals surface area (Å²) < 4.78 is 1.16. The second-order valence-electron chi connectivity index (χ2n) is 4.08. The molecule has 1 aliphatic rings. The minimum atomic E-state index is 0.312. The number of halogens is 2. The number of hydrogen-bond acceptors (Lipinski definition) is 1. The van der Waals surface area contributed by atoms with Gasteiger partial charge in [-0.3, -0.25) is 0 Å². The van der Waals surface area contributed by atoms with Gasteiger partial charge in [-0.05, 0) is 30.4 Å². The molecular weight excluding hydrogens is 273 g/mol. The Bertz CT molecular complexity index is 325. The molecule has 0 saturated heterocycles. The van der Waals surface area contributed by atoms with Crippen LogP contribution in [-0.4, -0.2) is 11.9 Å². The average Bonchev–Trinajstić information content (AvgIpc) is 3.04. The van der Waals surface area contributed by atoms with E-state index in [0.29, 0.717) is 5.38 Å². The summed E-state index contributed by atoms with van der Waals surface area (Å²) in [6.45, 7) is 1.80. The van der Waals surface area contributed by atoms with Crippen molar-refractivity contribution in [1.82, 2.24) is 5.32 Å². The molecule has 2 rings (SSSR count). The van der Waals surface area contributed by atoms with Crippen LogP contribution in [0.4, 0.5) is 0 Å². The molecule has 0 aromatic heterocycles. The molecule has 1 aromatic carbocycles. The minimum Gasteiger partial charge on any atom is -0.311 e. The Balaban J connectivity index is 1.75. The summed E-state index contributed by atoms with van der Waals surface area (Å²) in [5.74, 6) is 0.762. The lowest BCUT2D eigenvalue weighted by atomic mass is 10.2. The topological polar surface area (TPSA) is 12.0 Å². The van der Waals surface area contributed by atoms with Gasteiger partial charge in [0.15, 0.2) is 0 Å². The zero-order chi connectivity index (χ0) is 10.7. The number of benzene rings is 1. The lowest BCUT2D eigenvalue weighted by Gasteiger charge is -2.10. The van der Waals surface area contributed by atoms with Crippen molar-refractivity contribution in [2.75, 3.05) is 6.54 Å². The van der Waals surface area contributed by atoms with Crippen LogP contribution in [0.25, 0.3) is 0 Å². The van der Waals surface area contributed by atoms with Crippen molar-refractivity contribution in [3.8, 4) is 0 Å². The highest BCUT2D eigenvalue weighted by atomic mass is 79.9. The third kappa shape index (κ3) is 3.47. The predicted molar refractivity (Wildman–Crippen MR) is 68.2 cm³/mol. The standard InChI is InChI=1S/C12H15BrClN/c13-11-4-2-1-3-10(11)7-15-8-12(14)9-5-6-9/h1-4,9,12,15H,5-8H2. The van der Waals surface area contributed by atoms with Crippen LogP contribution in [0.5, 0.6) is 0 Å². The molecule has 1 N–H and O–H groups in total. The highest BCUT2D eigenvalue weighted by Gasteiger charge is 2.29. The highest BCUT2D eigenvalue weighted by molar-refractivity contribution is 9.10. The third-order valence-electron chi connectivity index (χ3n) is 2.75. The van der Waals surface area contributed by atoms with E-state index in [0.717, 1.165) is 23.5 Å². The van der Waals surface area contributed by atoms with Crippen LogP contribution in [0.3, 0.4) is 0 Å². The van der Waals surface area contributed by atoms with Crippen LogP contribution >= 0.6 is 27.5 Å². The number of alkyl halides is 1. The molecule has 0 spiro atoms. The number of hydrogen-bond donors (Lipinski definition) is 1. The van der Waals surface area contributed by atoms with Crippen molar-refractivity contribution in [2.24, 2.45) is 5.92 Å². The Labute approximate surface area is 104 Å². The van der Waals surface area contributed by atoms with Crippen LogP contribution in [0, 0.1) is 5.92 Å². The minimum absolute atomic E-state index is 0.312. The smallest absolute Gasteiger partial charge is 0.0488 e. The van der Waals surface area contributed by atoms with E-state index in [1.165, 1.54) is 18.4 Å². The van der Waals surface area contributed by atoms with Crippen molar-refractivity contribution < 1.29 is 0 Å². The molecule has 0 bridgehead atoms. The van der Waals surface area contributed by atoms with Crippen LogP contribution in [0.15, 0.2) is 28.7 Å². The molecule has 3 heteroatoms. The van der Waals surface area contributed by atoms with E-state index in [9.17, 15) is 0 Å². The first-order valence-corrected chi connectivity index (χ1v) is 6.58. The van der Waals surface area contributed by atoms with Crippen LogP contribution in [0.1, 0.15) is 18.4 Å². The number of rotatable bonds is 5. The second-order valence-corrected chi connectivity index (χ2v) is 5.49. The largest absolute Gasteiger partial charge is 0.311 e. The Morgan fingerprint density at radius 3 is 2.80 bits per heavy atom. The lowest BCUT2D eigenvalue weighted by molar-refractivity contribution is 0.619.